The van der Waals surface area contributed by atoms with E-state index in [0.29, 0.717) is 15.7 Å². The molecule has 0 radical (unpaired) electrons. The molecule has 11 heteroatoms. The van der Waals surface area contributed by atoms with E-state index in [9.17, 15) is 20.2 Å². The number of fused-ring (bicyclic) bond motifs is 1. The van der Waals surface area contributed by atoms with Crippen LogP contribution in [0.4, 0.5) is 11.4 Å². The highest BCUT2D eigenvalue weighted by Crippen LogP contribution is 2.41. The molecule has 0 N–H and O–H groups in total. The van der Waals surface area contributed by atoms with Crippen molar-refractivity contribution in [1.29, 1.82) is 5.26 Å². The van der Waals surface area contributed by atoms with Crippen molar-refractivity contribution in [3.05, 3.63) is 68.7 Å². The van der Waals surface area contributed by atoms with Crippen molar-refractivity contribution in [3.8, 4) is 6.07 Å². The first-order valence-electron chi connectivity index (χ1n) is 9.00. The fourth-order valence-corrected chi connectivity index (χ4v) is 4.75. The molecule has 0 amide bonds. The van der Waals surface area contributed by atoms with E-state index in [1.807, 2.05) is 24.3 Å². The zero-order chi connectivity index (χ0) is 22.0. The van der Waals surface area contributed by atoms with Crippen LogP contribution in [0, 0.1) is 21.4 Å². The van der Waals surface area contributed by atoms with Gasteiger partial charge in [-0.25, -0.2) is 14.8 Å². The summed E-state index contributed by atoms with van der Waals surface area (Å²) < 4.78 is 5.95. The summed E-state index contributed by atoms with van der Waals surface area (Å²) in [4.78, 5) is 27.5. The van der Waals surface area contributed by atoms with Gasteiger partial charge in [0.05, 0.1) is 27.4 Å². The van der Waals surface area contributed by atoms with Gasteiger partial charge in [0.15, 0.2) is 0 Å². The summed E-state index contributed by atoms with van der Waals surface area (Å²) in [6.07, 6.45) is 0. The van der Waals surface area contributed by atoms with Crippen molar-refractivity contribution in [3.63, 3.8) is 0 Å². The van der Waals surface area contributed by atoms with Crippen LogP contribution in [-0.2, 0) is 9.53 Å². The summed E-state index contributed by atoms with van der Waals surface area (Å²) in [5.74, 6) is -0.639. The molecule has 0 spiro atoms. The summed E-state index contributed by atoms with van der Waals surface area (Å²) in [6, 6.07) is 15.4. The number of nitro benzene ring substituents is 1. The first-order valence-corrected chi connectivity index (χ1v) is 10.6. The zero-order valence-corrected chi connectivity index (χ0v) is 17.6. The molecule has 0 unspecified atom stereocenters. The number of thiazole rings is 1. The number of benzene rings is 2. The molecular weight excluding hydrogens is 438 g/mol. The van der Waals surface area contributed by atoms with Gasteiger partial charge >= 0.3 is 5.97 Å². The second-order valence-corrected chi connectivity index (χ2v) is 8.10. The minimum absolute atomic E-state index is 0.0252. The van der Waals surface area contributed by atoms with Gasteiger partial charge < -0.3 is 4.74 Å². The summed E-state index contributed by atoms with van der Waals surface area (Å²) in [5, 5.41) is 27.6. The van der Waals surface area contributed by atoms with Gasteiger partial charge in [0, 0.05) is 12.1 Å². The van der Waals surface area contributed by atoms with Crippen LogP contribution in [0.1, 0.15) is 11.9 Å². The number of nitro groups is 1. The number of hydrazone groups is 1. The van der Waals surface area contributed by atoms with Gasteiger partial charge in [0.25, 0.3) is 5.69 Å². The van der Waals surface area contributed by atoms with Gasteiger partial charge in [-0.2, -0.15) is 10.4 Å². The molecule has 3 aromatic rings. The average molecular weight is 451 g/mol. The SMILES string of the molecule is CCOC(=O)C1=NN(c2cccc([N+](=O)[O-])c2)/C(=C(\C#N)c2nc3ccccc3s2)S1. The molecule has 1 aliphatic rings. The molecule has 0 bridgehead atoms. The molecule has 9 nitrogen and oxygen atoms in total. The lowest BCUT2D eigenvalue weighted by molar-refractivity contribution is -0.384. The normalized spacial score (nSPS) is 14.8. The van der Waals surface area contributed by atoms with E-state index in [1.165, 1.54) is 34.5 Å². The molecule has 0 aliphatic carbocycles. The monoisotopic (exact) mass is 451 g/mol. The number of aromatic nitrogens is 1. The van der Waals surface area contributed by atoms with Gasteiger partial charge in [0.1, 0.15) is 21.7 Å². The molecule has 0 fully saturated rings. The number of carbonyl (C=O) groups is 1. The Morgan fingerprint density at radius 2 is 2.10 bits per heavy atom. The third-order valence-corrected chi connectivity index (χ3v) is 6.21. The van der Waals surface area contributed by atoms with Crippen molar-refractivity contribution < 1.29 is 14.5 Å². The molecule has 154 valence electrons. The molecular formula is C20H13N5O4S2. The van der Waals surface area contributed by atoms with Gasteiger partial charge in [-0.1, -0.05) is 18.2 Å². The quantitative estimate of drug-likeness (QED) is 0.240. The fraction of sp³-hybridized carbons (Fsp3) is 0.100. The largest absolute Gasteiger partial charge is 0.461 e. The summed E-state index contributed by atoms with van der Waals surface area (Å²) >= 11 is 2.30. The molecule has 1 aliphatic heterocycles. The molecule has 31 heavy (non-hydrogen) atoms. The van der Waals surface area contributed by atoms with E-state index < -0.39 is 10.9 Å². The number of ether oxygens (including phenoxy) is 1. The Bertz CT molecular complexity index is 1280. The Morgan fingerprint density at radius 3 is 2.81 bits per heavy atom. The lowest BCUT2D eigenvalue weighted by atomic mass is 10.2. The Labute approximate surface area is 184 Å². The van der Waals surface area contributed by atoms with E-state index in [-0.39, 0.29) is 22.9 Å². The summed E-state index contributed by atoms with van der Waals surface area (Å²) in [6.45, 7) is 1.84. The number of non-ortho nitro benzene ring substituents is 1. The van der Waals surface area contributed by atoms with Gasteiger partial charge in [0.2, 0.25) is 5.04 Å². The van der Waals surface area contributed by atoms with E-state index in [0.717, 1.165) is 22.0 Å². The third-order valence-electron chi connectivity index (χ3n) is 4.15. The average Bonchev–Trinajstić information content (AvgIpc) is 3.39. The lowest BCUT2D eigenvalue weighted by Gasteiger charge is -2.16. The van der Waals surface area contributed by atoms with E-state index >= 15 is 0 Å². The predicted octanol–water partition coefficient (Wildman–Crippen LogP) is 4.53. The van der Waals surface area contributed by atoms with Crippen molar-refractivity contribution >= 4 is 61.3 Å². The van der Waals surface area contributed by atoms with Crippen LogP contribution in [0.25, 0.3) is 15.8 Å². The van der Waals surface area contributed by atoms with E-state index in [2.05, 4.69) is 16.2 Å². The maximum Gasteiger partial charge on any atom is 0.365 e. The predicted molar refractivity (Wildman–Crippen MR) is 119 cm³/mol. The molecule has 2 aromatic carbocycles. The van der Waals surface area contributed by atoms with Gasteiger partial charge in [-0.3, -0.25) is 10.1 Å². The number of para-hydroxylation sites is 1. The van der Waals surface area contributed by atoms with Crippen molar-refractivity contribution in [2.45, 2.75) is 6.92 Å². The van der Waals surface area contributed by atoms with Gasteiger partial charge in [-0.05, 0) is 36.9 Å². The van der Waals surface area contributed by atoms with Crippen LogP contribution in [0.3, 0.4) is 0 Å². The minimum Gasteiger partial charge on any atom is -0.461 e. The zero-order valence-electron chi connectivity index (χ0n) is 16.0. The Kier molecular flexibility index (Phi) is 5.66. The number of nitriles is 1. The Morgan fingerprint density at radius 1 is 1.29 bits per heavy atom. The molecule has 0 saturated heterocycles. The summed E-state index contributed by atoms with van der Waals surface area (Å²) in [5.41, 5.74) is 1.15. The van der Waals surface area contributed by atoms with Crippen molar-refractivity contribution in [1.82, 2.24) is 4.98 Å². The highest BCUT2D eigenvalue weighted by atomic mass is 32.2. The Hall–Kier alpha value is -3.75. The smallest absolute Gasteiger partial charge is 0.365 e. The first kappa shape index (κ1) is 20.5. The highest BCUT2D eigenvalue weighted by molar-refractivity contribution is 8.19. The number of anilines is 1. The molecule has 0 atom stereocenters. The van der Waals surface area contributed by atoms with Crippen LogP contribution in [0.5, 0.6) is 0 Å². The molecule has 2 heterocycles. The first-order chi connectivity index (χ1) is 15.0. The second-order valence-electron chi connectivity index (χ2n) is 6.10. The number of nitrogens with zero attached hydrogens (tertiary/aromatic N) is 5. The molecule has 1 aromatic heterocycles. The fourth-order valence-electron chi connectivity index (χ4n) is 2.80. The van der Waals surface area contributed by atoms with Crippen molar-refractivity contribution in [2.75, 3.05) is 11.6 Å². The van der Waals surface area contributed by atoms with Crippen LogP contribution < -0.4 is 5.01 Å². The maximum absolute atomic E-state index is 12.3. The summed E-state index contributed by atoms with van der Waals surface area (Å²) in [7, 11) is 0. The van der Waals surface area contributed by atoms with Crippen molar-refractivity contribution in [2.24, 2.45) is 5.10 Å². The molecule has 0 saturated carbocycles. The number of esters is 1. The number of rotatable bonds is 5. The van der Waals surface area contributed by atoms with Crippen LogP contribution in [0.15, 0.2) is 58.7 Å². The third kappa shape index (κ3) is 3.98. The number of hydrogen-bond donors (Lipinski definition) is 0. The van der Waals surface area contributed by atoms with E-state index in [4.69, 9.17) is 4.74 Å². The van der Waals surface area contributed by atoms with E-state index in [1.54, 1.807) is 13.0 Å². The Balaban J connectivity index is 1.87. The van der Waals surface area contributed by atoms with Crippen LogP contribution >= 0.6 is 23.1 Å². The topological polar surface area (TPSA) is 122 Å². The highest BCUT2D eigenvalue weighted by Gasteiger charge is 2.33. The number of allylic oxidation sites excluding steroid dienone is 1. The number of carbonyl (C=O) groups excluding carboxylic acids is 1. The number of thioether (sulfide) groups is 1. The standard InChI is InChI=1S/C20H13N5O4S2/c1-2-29-20(26)18-23-24(12-6-5-7-13(10-12)25(27)28)19(31-18)14(11-21)17-22-15-8-3-4-9-16(15)30-17/h3-10H,2H2,1H3/b19-14-. The lowest BCUT2D eigenvalue weighted by Crippen LogP contribution is -2.13. The number of hydrogen-bond acceptors (Lipinski definition) is 10. The van der Waals surface area contributed by atoms with Crippen LogP contribution in [0.2, 0.25) is 0 Å². The maximum atomic E-state index is 12.3. The van der Waals surface area contributed by atoms with Gasteiger partial charge in [-0.15, -0.1) is 11.3 Å². The second kappa shape index (κ2) is 8.55. The molecule has 4 rings (SSSR count). The minimum atomic E-state index is -0.639. The van der Waals surface area contributed by atoms with Crippen LogP contribution in [-0.4, -0.2) is 27.5 Å².